The minimum absolute atomic E-state index is 0.140. The maximum absolute atomic E-state index is 13.8. The molecule has 4 rings (SSSR count). The molecule has 1 unspecified atom stereocenters. The number of benzene rings is 1. The molecule has 3 aromatic rings. The van der Waals surface area contributed by atoms with E-state index in [9.17, 15) is 9.18 Å². The van der Waals surface area contributed by atoms with Crippen molar-refractivity contribution in [2.45, 2.75) is 12.5 Å². The zero-order valence-corrected chi connectivity index (χ0v) is 14.7. The highest BCUT2D eigenvalue weighted by molar-refractivity contribution is 5.93. The number of halogens is 1. The van der Waals surface area contributed by atoms with Crippen molar-refractivity contribution in [2.75, 3.05) is 26.7 Å². The van der Waals surface area contributed by atoms with E-state index in [1.807, 2.05) is 23.1 Å². The number of likely N-dealkylation sites (N-methyl/N-ethyl adjacent to an activating group) is 1. The molecule has 1 aliphatic heterocycles. The van der Waals surface area contributed by atoms with Crippen molar-refractivity contribution in [3.05, 3.63) is 71.9 Å². The van der Waals surface area contributed by atoms with Gasteiger partial charge in [0.05, 0.1) is 0 Å². The Bertz CT molecular complexity index is 924. The van der Waals surface area contributed by atoms with E-state index in [0.717, 1.165) is 13.0 Å². The fraction of sp³-hybridized carbons (Fsp3) is 0.300. The van der Waals surface area contributed by atoms with Crippen LogP contribution in [0.4, 0.5) is 4.39 Å². The number of pyridine rings is 1. The standard InChI is InChI=1S/C20H21FN4O/c1-23-10-11-25(13-16(23)12-15-6-3-2-4-7-15)20(26)18-14-24-9-5-8-17(21)19(24)22-18/h2-9,14,16H,10-13H2,1H3. The lowest BCUT2D eigenvalue weighted by molar-refractivity contribution is 0.0543. The van der Waals surface area contributed by atoms with Gasteiger partial charge in [-0.25, -0.2) is 9.37 Å². The normalized spacial score (nSPS) is 18.4. The second kappa shape index (κ2) is 6.88. The molecule has 0 spiro atoms. The number of aromatic nitrogens is 2. The molecular formula is C20H21FN4O. The summed E-state index contributed by atoms with van der Waals surface area (Å²) in [5.41, 5.74) is 1.73. The molecule has 0 saturated carbocycles. The fourth-order valence-corrected chi connectivity index (χ4v) is 3.48. The van der Waals surface area contributed by atoms with E-state index < -0.39 is 5.82 Å². The number of amides is 1. The molecule has 0 bridgehead atoms. The van der Waals surface area contributed by atoms with E-state index in [1.54, 1.807) is 22.9 Å². The van der Waals surface area contributed by atoms with E-state index >= 15 is 0 Å². The van der Waals surface area contributed by atoms with Gasteiger partial charge >= 0.3 is 0 Å². The van der Waals surface area contributed by atoms with Crippen LogP contribution in [0.1, 0.15) is 16.1 Å². The molecule has 3 heterocycles. The third kappa shape index (κ3) is 3.20. The van der Waals surface area contributed by atoms with Gasteiger partial charge in [0.15, 0.2) is 11.5 Å². The van der Waals surface area contributed by atoms with E-state index in [2.05, 4.69) is 29.1 Å². The number of carbonyl (C=O) groups is 1. The fourth-order valence-electron chi connectivity index (χ4n) is 3.48. The molecule has 134 valence electrons. The average molecular weight is 352 g/mol. The quantitative estimate of drug-likeness (QED) is 0.727. The zero-order valence-electron chi connectivity index (χ0n) is 14.7. The zero-order chi connectivity index (χ0) is 18.1. The van der Waals surface area contributed by atoms with Crippen LogP contribution in [-0.2, 0) is 6.42 Å². The third-order valence-electron chi connectivity index (χ3n) is 5.03. The Morgan fingerprint density at radius 1 is 1.19 bits per heavy atom. The molecule has 1 aliphatic rings. The molecule has 1 fully saturated rings. The molecular weight excluding hydrogens is 331 g/mol. The van der Waals surface area contributed by atoms with Gasteiger partial charge < -0.3 is 9.30 Å². The molecule has 0 aliphatic carbocycles. The van der Waals surface area contributed by atoms with Gasteiger partial charge in [-0.05, 0) is 31.2 Å². The van der Waals surface area contributed by atoms with E-state index in [0.29, 0.717) is 13.1 Å². The smallest absolute Gasteiger partial charge is 0.274 e. The Morgan fingerprint density at radius 3 is 2.77 bits per heavy atom. The first-order valence-corrected chi connectivity index (χ1v) is 8.78. The second-order valence-electron chi connectivity index (χ2n) is 6.79. The largest absolute Gasteiger partial charge is 0.334 e. The number of nitrogens with zero attached hydrogens (tertiary/aromatic N) is 4. The lowest BCUT2D eigenvalue weighted by Crippen LogP contribution is -2.54. The highest BCUT2D eigenvalue weighted by atomic mass is 19.1. The van der Waals surface area contributed by atoms with E-state index in [1.165, 1.54) is 11.6 Å². The molecule has 1 saturated heterocycles. The third-order valence-corrected chi connectivity index (χ3v) is 5.03. The van der Waals surface area contributed by atoms with Crippen molar-refractivity contribution in [1.29, 1.82) is 0 Å². The summed E-state index contributed by atoms with van der Waals surface area (Å²) in [6, 6.07) is 13.5. The average Bonchev–Trinajstić information content (AvgIpc) is 3.09. The number of piperazine rings is 1. The number of hydrogen-bond acceptors (Lipinski definition) is 3. The number of hydrogen-bond donors (Lipinski definition) is 0. The van der Waals surface area contributed by atoms with Crippen LogP contribution in [0.15, 0.2) is 54.9 Å². The number of rotatable bonds is 3. The van der Waals surface area contributed by atoms with Crippen LogP contribution >= 0.6 is 0 Å². The second-order valence-corrected chi connectivity index (χ2v) is 6.79. The topological polar surface area (TPSA) is 40.9 Å². The number of imidazole rings is 1. The molecule has 0 N–H and O–H groups in total. The van der Waals surface area contributed by atoms with Crippen LogP contribution in [-0.4, -0.2) is 57.8 Å². The van der Waals surface area contributed by atoms with Gasteiger partial charge in [0.25, 0.3) is 5.91 Å². The van der Waals surface area contributed by atoms with Gasteiger partial charge in [0.2, 0.25) is 0 Å². The first-order valence-electron chi connectivity index (χ1n) is 8.78. The van der Waals surface area contributed by atoms with Crippen molar-refractivity contribution in [3.8, 4) is 0 Å². The van der Waals surface area contributed by atoms with E-state index in [-0.39, 0.29) is 23.3 Å². The molecule has 26 heavy (non-hydrogen) atoms. The SMILES string of the molecule is CN1CCN(C(=O)c2cn3cccc(F)c3n2)CC1Cc1ccccc1. The van der Waals surface area contributed by atoms with Gasteiger partial charge in [-0.1, -0.05) is 30.3 Å². The predicted molar refractivity (Wildman–Crippen MR) is 97.6 cm³/mol. The highest BCUT2D eigenvalue weighted by Gasteiger charge is 2.29. The van der Waals surface area contributed by atoms with Crippen molar-refractivity contribution < 1.29 is 9.18 Å². The van der Waals surface area contributed by atoms with Crippen LogP contribution in [0.2, 0.25) is 0 Å². The van der Waals surface area contributed by atoms with Crippen molar-refractivity contribution in [3.63, 3.8) is 0 Å². The van der Waals surface area contributed by atoms with Crippen LogP contribution in [0, 0.1) is 5.82 Å². The predicted octanol–water partition coefficient (Wildman–Crippen LogP) is 2.47. The molecule has 5 nitrogen and oxygen atoms in total. The Hall–Kier alpha value is -2.73. The Balaban J connectivity index is 1.52. The van der Waals surface area contributed by atoms with Gasteiger partial charge in [0.1, 0.15) is 5.69 Å². The summed E-state index contributed by atoms with van der Waals surface area (Å²) in [5, 5.41) is 0. The maximum atomic E-state index is 13.8. The lowest BCUT2D eigenvalue weighted by Gasteiger charge is -2.39. The van der Waals surface area contributed by atoms with Gasteiger partial charge in [-0.3, -0.25) is 9.69 Å². The molecule has 1 amide bonds. The number of carbonyl (C=O) groups excluding carboxylic acids is 1. The summed E-state index contributed by atoms with van der Waals surface area (Å²) in [5.74, 6) is -0.564. The number of fused-ring (bicyclic) bond motifs is 1. The van der Waals surface area contributed by atoms with Gasteiger partial charge in [0, 0.05) is 38.1 Å². The summed E-state index contributed by atoms with van der Waals surface area (Å²) in [4.78, 5) is 21.2. The minimum atomic E-state index is -0.424. The summed E-state index contributed by atoms with van der Waals surface area (Å²) in [6.07, 6.45) is 4.19. The summed E-state index contributed by atoms with van der Waals surface area (Å²) in [7, 11) is 2.09. The lowest BCUT2D eigenvalue weighted by atomic mass is 10.0. The Labute approximate surface area is 151 Å². The summed E-state index contributed by atoms with van der Waals surface area (Å²) in [6.45, 7) is 2.10. The molecule has 6 heteroatoms. The highest BCUT2D eigenvalue weighted by Crippen LogP contribution is 2.17. The molecule has 0 radical (unpaired) electrons. The van der Waals surface area contributed by atoms with Crippen LogP contribution < -0.4 is 0 Å². The summed E-state index contributed by atoms with van der Waals surface area (Å²) < 4.78 is 15.4. The molecule has 1 atom stereocenters. The maximum Gasteiger partial charge on any atom is 0.274 e. The van der Waals surface area contributed by atoms with Crippen molar-refractivity contribution in [2.24, 2.45) is 0 Å². The molecule has 2 aromatic heterocycles. The van der Waals surface area contributed by atoms with Crippen LogP contribution in [0.25, 0.3) is 5.65 Å². The minimum Gasteiger partial charge on any atom is -0.334 e. The first kappa shape index (κ1) is 16.7. The summed E-state index contributed by atoms with van der Waals surface area (Å²) >= 11 is 0. The van der Waals surface area contributed by atoms with E-state index in [4.69, 9.17) is 0 Å². The van der Waals surface area contributed by atoms with Gasteiger partial charge in [-0.15, -0.1) is 0 Å². The van der Waals surface area contributed by atoms with Crippen LogP contribution in [0.3, 0.4) is 0 Å². The molecule has 1 aromatic carbocycles. The monoisotopic (exact) mass is 352 g/mol. The Kier molecular flexibility index (Phi) is 4.42. The van der Waals surface area contributed by atoms with Crippen molar-refractivity contribution in [1.82, 2.24) is 19.2 Å². The van der Waals surface area contributed by atoms with Gasteiger partial charge in [-0.2, -0.15) is 0 Å². The van der Waals surface area contributed by atoms with Crippen molar-refractivity contribution >= 4 is 11.6 Å². The van der Waals surface area contributed by atoms with Crippen LogP contribution in [0.5, 0.6) is 0 Å². The first-order chi connectivity index (χ1) is 12.6. The Morgan fingerprint density at radius 2 is 2.00 bits per heavy atom.